The van der Waals surface area contributed by atoms with Gasteiger partial charge < -0.3 is 14.8 Å². The van der Waals surface area contributed by atoms with E-state index in [4.69, 9.17) is 9.47 Å². The summed E-state index contributed by atoms with van der Waals surface area (Å²) in [5, 5.41) is 3.13. The largest absolute Gasteiger partial charge is 0.477 e. The van der Waals surface area contributed by atoms with E-state index < -0.39 is 27.7 Å². The first-order valence-corrected chi connectivity index (χ1v) is 14.0. The van der Waals surface area contributed by atoms with Crippen molar-refractivity contribution in [1.29, 1.82) is 0 Å². The van der Waals surface area contributed by atoms with Gasteiger partial charge >= 0.3 is 5.76 Å². The van der Waals surface area contributed by atoms with Crippen molar-refractivity contribution in [1.82, 2.24) is 25.2 Å². The van der Waals surface area contributed by atoms with E-state index in [2.05, 4.69) is 25.2 Å². The molecule has 1 aromatic carbocycles. The number of carbonyl (C=O) groups excluding carboxylic acids is 1. The number of carbonyl (C=O) groups is 1. The Morgan fingerprint density at radius 1 is 1.26 bits per heavy atom. The summed E-state index contributed by atoms with van der Waals surface area (Å²) in [6.07, 6.45) is 4.56. The molecule has 0 spiro atoms. The predicted octanol–water partition coefficient (Wildman–Crippen LogP) is 3.26. The van der Waals surface area contributed by atoms with Gasteiger partial charge in [-0.15, -0.1) is 11.3 Å². The second-order valence-corrected chi connectivity index (χ2v) is 10.9. The fraction of sp³-hybridized carbons (Fsp3) is 0.391. The molecule has 1 saturated heterocycles. The Morgan fingerprint density at radius 3 is 2.79 bits per heavy atom. The van der Waals surface area contributed by atoms with Crippen molar-refractivity contribution in [3.8, 4) is 16.5 Å². The summed E-state index contributed by atoms with van der Waals surface area (Å²) < 4.78 is 61.7. The number of ether oxygens (including phenoxy) is 2. The lowest BCUT2D eigenvalue weighted by Crippen LogP contribution is -2.43. The number of hydrogen-bond donors (Lipinski definition) is 2. The number of benzene rings is 1. The molecule has 0 unspecified atom stereocenters. The molecule has 1 amide bonds. The number of halogens is 2. The molecule has 1 atom stereocenters. The summed E-state index contributed by atoms with van der Waals surface area (Å²) in [5.41, 5.74) is 1.01. The molecular formula is C23H30F2N6O5S2. The Morgan fingerprint density at radius 2 is 2.05 bits per heavy atom. The summed E-state index contributed by atoms with van der Waals surface area (Å²) >= 11 is 1.13. The van der Waals surface area contributed by atoms with Crippen molar-refractivity contribution in [2.24, 2.45) is 0 Å². The van der Waals surface area contributed by atoms with Crippen LogP contribution in [0.2, 0.25) is 0 Å². The lowest BCUT2D eigenvalue weighted by atomic mass is 10.1. The number of morpholine rings is 1. The molecule has 38 heavy (non-hydrogen) atoms. The average molecular weight is 573 g/mol. The van der Waals surface area contributed by atoms with Crippen LogP contribution in [0.25, 0.3) is 10.6 Å². The van der Waals surface area contributed by atoms with Crippen LogP contribution in [-0.4, -0.2) is 79.4 Å². The Balaban J connectivity index is 0.00000280. The van der Waals surface area contributed by atoms with E-state index in [0.717, 1.165) is 11.3 Å². The third-order valence-electron chi connectivity index (χ3n) is 5.49. The lowest BCUT2D eigenvalue weighted by Gasteiger charge is -2.31. The van der Waals surface area contributed by atoms with Crippen molar-refractivity contribution in [2.75, 3.05) is 44.2 Å². The number of aromatic nitrogens is 3. The summed E-state index contributed by atoms with van der Waals surface area (Å²) in [4.78, 5) is 28.6. The molecule has 0 saturated carbocycles. The highest BCUT2D eigenvalue weighted by Gasteiger charge is 2.26. The van der Waals surface area contributed by atoms with Gasteiger partial charge in [0.15, 0.2) is 5.01 Å². The average Bonchev–Trinajstić information content (AvgIpc) is 3.40. The first-order valence-electron chi connectivity index (χ1n) is 11.7. The standard InChI is InChI=1S/C23H26F2N6O5S2.2H2/c1-2-36-20-13-26-11-17(28-20)19-12-27-22(37-19)21(32)29-18(14-31-6-8-35-9-7-31)15-4-3-5-16(10-15)30-38(33,34)23(24)25;;/h3-5,10-13,18,23,30H,2,6-9,14H2,1H3,(H,29,32);2*1H/t18-;;/m1../s1. The van der Waals surface area contributed by atoms with Crippen molar-refractivity contribution >= 4 is 33.0 Å². The van der Waals surface area contributed by atoms with Crippen LogP contribution in [-0.2, 0) is 14.8 Å². The van der Waals surface area contributed by atoms with Crippen LogP contribution in [0.3, 0.4) is 0 Å². The number of thiazole rings is 1. The maximum absolute atomic E-state index is 13.2. The van der Waals surface area contributed by atoms with Crippen molar-refractivity contribution < 1.29 is 34.3 Å². The van der Waals surface area contributed by atoms with Gasteiger partial charge in [-0.2, -0.15) is 8.78 Å². The second-order valence-electron chi connectivity index (χ2n) is 8.18. The van der Waals surface area contributed by atoms with Gasteiger partial charge in [0.05, 0.1) is 43.1 Å². The summed E-state index contributed by atoms with van der Waals surface area (Å²) in [6.45, 7) is 5.00. The number of alkyl halides is 2. The zero-order valence-electron chi connectivity index (χ0n) is 20.3. The summed E-state index contributed by atoms with van der Waals surface area (Å²) in [6, 6.07) is 5.41. The first-order chi connectivity index (χ1) is 18.2. The number of nitrogens with one attached hydrogen (secondary N) is 2. The zero-order chi connectivity index (χ0) is 27.1. The highest BCUT2D eigenvalue weighted by molar-refractivity contribution is 7.93. The molecule has 3 aromatic rings. The van der Waals surface area contributed by atoms with Gasteiger partial charge in [0.1, 0.15) is 5.69 Å². The van der Waals surface area contributed by atoms with Gasteiger partial charge in [0.25, 0.3) is 15.9 Å². The third kappa shape index (κ3) is 7.18. The molecule has 2 aromatic heterocycles. The maximum Gasteiger partial charge on any atom is 0.355 e. The smallest absolute Gasteiger partial charge is 0.355 e. The maximum atomic E-state index is 13.2. The number of rotatable bonds is 11. The van der Waals surface area contributed by atoms with E-state index in [9.17, 15) is 22.0 Å². The van der Waals surface area contributed by atoms with Gasteiger partial charge in [0, 0.05) is 34.4 Å². The van der Waals surface area contributed by atoms with Crippen LogP contribution in [0.5, 0.6) is 5.88 Å². The van der Waals surface area contributed by atoms with E-state index >= 15 is 0 Å². The number of anilines is 1. The molecule has 0 aliphatic carbocycles. The van der Waals surface area contributed by atoms with Crippen LogP contribution >= 0.6 is 11.3 Å². The van der Waals surface area contributed by atoms with E-state index in [1.807, 2.05) is 11.6 Å². The molecule has 2 N–H and O–H groups in total. The minimum absolute atomic E-state index is 0. The second kappa shape index (κ2) is 12.5. The lowest BCUT2D eigenvalue weighted by molar-refractivity contribution is 0.0332. The normalized spacial score (nSPS) is 15.3. The predicted molar refractivity (Wildman–Crippen MR) is 141 cm³/mol. The third-order valence-corrected chi connectivity index (χ3v) is 7.50. The first kappa shape index (κ1) is 27.8. The van der Waals surface area contributed by atoms with Gasteiger partial charge in [0.2, 0.25) is 5.88 Å². The van der Waals surface area contributed by atoms with Gasteiger partial charge in [-0.05, 0) is 24.6 Å². The van der Waals surface area contributed by atoms with Crippen LogP contribution < -0.4 is 14.8 Å². The van der Waals surface area contributed by atoms with Crippen LogP contribution in [0.15, 0.2) is 42.9 Å². The fourth-order valence-corrected chi connectivity index (χ4v) is 5.02. The molecule has 1 fully saturated rings. The molecular weight excluding hydrogens is 542 g/mol. The Hall–Kier alpha value is -3.27. The molecule has 3 heterocycles. The van der Waals surface area contributed by atoms with E-state index in [1.165, 1.54) is 30.6 Å². The van der Waals surface area contributed by atoms with Crippen LogP contribution in [0.4, 0.5) is 14.5 Å². The Bertz CT molecular complexity index is 1360. The molecule has 4 rings (SSSR count). The molecule has 0 bridgehead atoms. The van der Waals surface area contributed by atoms with Gasteiger partial charge in [-0.1, -0.05) is 12.1 Å². The zero-order valence-corrected chi connectivity index (χ0v) is 22.0. The monoisotopic (exact) mass is 572 g/mol. The SMILES string of the molecule is CCOc1cncc(-c2cnc(C(=O)N[C@H](CN3CCOCC3)c3cccc(NS(=O)(=O)C(F)F)c3)s2)n1.[HH].[HH]. The van der Waals surface area contributed by atoms with E-state index in [-0.39, 0.29) is 13.5 Å². The number of hydrogen-bond acceptors (Lipinski definition) is 10. The molecule has 15 heteroatoms. The molecule has 1 aliphatic rings. The molecule has 0 radical (unpaired) electrons. The fourth-order valence-electron chi connectivity index (χ4n) is 3.71. The van der Waals surface area contributed by atoms with Crippen LogP contribution in [0, 0.1) is 0 Å². The minimum Gasteiger partial charge on any atom is -0.477 e. The highest BCUT2D eigenvalue weighted by atomic mass is 32.2. The van der Waals surface area contributed by atoms with Crippen molar-refractivity contribution in [3.63, 3.8) is 0 Å². The number of amides is 1. The number of nitrogens with zero attached hydrogens (tertiary/aromatic N) is 4. The number of sulfonamides is 1. The Labute approximate surface area is 225 Å². The quantitative estimate of drug-likeness (QED) is 0.355. The summed E-state index contributed by atoms with van der Waals surface area (Å²) in [5.74, 6) is -3.67. The van der Waals surface area contributed by atoms with Crippen LogP contribution in [0.1, 0.15) is 31.2 Å². The molecule has 208 valence electrons. The van der Waals surface area contributed by atoms with Gasteiger partial charge in [-0.25, -0.2) is 18.4 Å². The highest BCUT2D eigenvalue weighted by Crippen LogP contribution is 2.27. The van der Waals surface area contributed by atoms with Crippen molar-refractivity contribution in [3.05, 3.63) is 53.4 Å². The topological polar surface area (TPSA) is 136 Å². The van der Waals surface area contributed by atoms with Gasteiger partial charge in [-0.3, -0.25) is 19.4 Å². The Kier molecular flexibility index (Phi) is 9.14. The van der Waals surface area contributed by atoms with E-state index in [0.29, 0.717) is 61.5 Å². The molecule has 1 aliphatic heterocycles. The summed E-state index contributed by atoms with van der Waals surface area (Å²) in [7, 11) is -4.84. The molecule has 11 nitrogen and oxygen atoms in total. The van der Waals surface area contributed by atoms with E-state index in [1.54, 1.807) is 12.3 Å². The van der Waals surface area contributed by atoms with Crippen molar-refractivity contribution in [2.45, 2.75) is 18.7 Å². The minimum atomic E-state index is -4.84.